The van der Waals surface area contributed by atoms with Gasteiger partial charge in [-0.3, -0.25) is 9.78 Å². The first-order valence-electron chi connectivity index (χ1n) is 8.74. The Morgan fingerprint density at radius 2 is 1.74 bits per heavy atom. The van der Waals surface area contributed by atoms with Gasteiger partial charge in [-0.25, -0.2) is 0 Å². The van der Waals surface area contributed by atoms with Gasteiger partial charge in [0.25, 0.3) is 5.22 Å². The molecule has 1 aliphatic heterocycles. The van der Waals surface area contributed by atoms with E-state index in [1.165, 1.54) is 17.4 Å². The molecule has 7 nitrogen and oxygen atoms in total. The van der Waals surface area contributed by atoms with E-state index in [4.69, 9.17) is 4.42 Å². The number of rotatable bonds is 5. The van der Waals surface area contributed by atoms with Crippen LogP contribution in [-0.4, -0.2) is 57.9 Å². The Labute approximate surface area is 161 Å². The van der Waals surface area contributed by atoms with E-state index in [1.807, 2.05) is 23.1 Å². The van der Waals surface area contributed by atoms with Gasteiger partial charge >= 0.3 is 0 Å². The predicted octanol–water partition coefficient (Wildman–Crippen LogP) is 2.57. The average Bonchev–Trinajstić information content (AvgIpc) is 3.22. The van der Waals surface area contributed by atoms with Crippen LogP contribution in [0.15, 0.2) is 64.5 Å². The van der Waals surface area contributed by atoms with E-state index < -0.39 is 0 Å². The van der Waals surface area contributed by atoms with Crippen molar-refractivity contribution >= 4 is 23.4 Å². The van der Waals surface area contributed by atoms with Crippen LogP contribution in [-0.2, 0) is 4.79 Å². The maximum absolute atomic E-state index is 12.5. The molecule has 138 valence electrons. The Morgan fingerprint density at radius 3 is 2.48 bits per heavy atom. The Balaban J connectivity index is 1.27. The molecule has 27 heavy (non-hydrogen) atoms. The molecule has 8 heteroatoms. The zero-order valence-electron chi connectivity index (χ0n) is 14.7. The highest BCUT2D eigenvalue weighted by atomic mass is 32.2. The number of para-hydroxylation sites is 1. The third-order valence-corrected chi connectivity index (χ3v) is 5.21. The number of anilines is 1. The van der Waals surface area contributed by atoms with Crippen molar-refractivity contribution in [3.8, 4) is 11.5 Å². The zero-order valence-corrected chi connectivity index (χ0v) is 15.5. The van der Waals surface area contributed by atoms with Gasteiger partial charge in [0.15, 0.2) is 0 Å². The molecule has 0 spiro atoms. The molecule has 2 aromatic heterocycles. The Kier molecular flexibility index (Phi) is 5.34. The lowest BCUT2D eigenvalue weighted by atomic mass is 10.2. The summed E-state index contributed by atoms with van der Waals surface area (Å²) in [5.41, 5.74) is 2.01. The van der Waals surface area contributed by atoms with Crippen LogP contribution in [0.2, 0.25) is 0 Å². The van der Waals surface area contributed by atoms with E-state index in [-0.39, 0.29) is 5.91 Å². The van der Waals surface area contributed by atoms with Gasteiger partial charge in [-0.05, 0) is 24.3 Å². The number of hydrogen-bond acceptors (Lipinski definition) is 7. The lowest BCUT2D eigenvalue weighted by Gasteiger charge is -2.36. The number of amides is 1. The molecule has 3 heterocycles. The van der Waals surface area contributed by atoms with Crippen LogP contribution >= 0.6 is 11.8 Å². The zero-order chi connectivity index (χ0) is 18.5. The number of pyridine rings is 1. The first-order chi connectivity index (χ1) is 13.3. The van der Waals surface area contributed by atoms with Gasteiger partial charge in [0.1, 0.15) is 0 Å². The molecule has 4 rings (SSSR count). The SMILES string of the molecule is O=C(CSc1nnc(-c2ccncc2)o1)N1CCN(c2ccccc2)CC1. The molecule has 1 aromatic carbocycles. The van der Waals surface area contributed by atoms with Crippen LogP contribution in [0, 0.1) is 0 Å². The van der Waals surface area contributed by atoms with Crippen LogP contribution in [0.5, 0.6) is 0 Å². The van der Waals surface area contributed by atoms with Crippen LogP contribution in [0.1, 0.15) is 0 Å². The maximum atomic E-state index is 12.5. The van der Waals surface area contributed by atoms with E-state index in [9.17, 15) is 4.79 Å². The number of thioether (sulfide) groups is 1. The number of nitrogens with zero attached hydrogens (tertiary/aromatic N) is 5. The molecule has 0 N–H and O–H groups in total. The predicted molar refractivity (Wildman–Crippen MR) is 103 cm³/mol. The summed E-state index contributed by atoms with van der Waals surface area (Å²) in [5, 5.41) is 8.43. The van der Waals surface area contributed by atoms with Crippen molar-refractivity contribution in [3.63, 3.8) is 0 Å². The Morgan fingerprint density at radius 1 is 1.00 bits per heavy atom. The van der Waals surface area contributed by atoms with Crippen LogP contribution in [0.25, 0.3) is 11.5 Å². The monoisotopic (exact) mass is 381 g/mol. The molecule has 0 bridgehead atoms. The summed E-state index contributed by atoms with van der Waals surface area (Å²) < 4.78 is 5.62. The summed E-state index contributed by atoms with van der Waals surface area (Å²) in [6.07, 6.45) is 3.34. The van der Waals surface area contributed by atoms with Crippen LogP contribution in [0.4, 0.5) is 5.69 Å². The van der Waals surface area contributed by atoms with Gasteiger partial charge in [-0.1, -0.05) is 30.0 Å². The number of aromatic nitrogens is 3. The normalized spacial score (nSPS) is 14.4. The summed E-state index contributed by atoms with van der Waals surface area (Å²) in [5.74, 6) is 0.823. The van der Waals surface area contributed by atoms with Crippen molar-refractivity contribution in [1.82, 2.24) is 20.1 Å². The van der Waals surface area contributed by atoms with Crippen LogP contribution < -0.4 is 4.90 Å². The third-order valence-electron chi connectivity index (χ3n) is 4.41. The first-order valence-corrected chi connectivity index (χ1v) is 9.72. The third kappa shape index (κ3) is 4.28. The fourth-order valence-electron chi connectivity index (χ4n) is 2.95. The summed E-state index contributed by atoms with van der Waals surface area (Å²) >= 11 is 1.27. The van der Waals surface area contributed by atoms with Crippen LogP contribution in [0.3, 0.4) is 0 Å². The van der Waals surface area contributed by atoms with E-state index in [2.05, 4.69) is 32.2 Å². The quantitative estimate of drug-likeness (QED) is 0.629. The number of carbonyl (C=O) groups is 1. The minimum absolute atomic E-state index is 0.0939. The number of hydrogen-bond donors (Lipinski definition) is 0. The summed E-state index contributed by atoms with van der Waals surface area (Å²) in [6.45, 7) is 3.13. The fraction of sp³-hybridized carbons (Fsp3) is 0.263. The number of piperazine rings is 1. The standard InChI is InChI=1S/C19H19N5O2S/c25-17(24-12-10-23(11-13-24)16-4-2-1-3-5-16)14-27-19-22-21-18(26-19)15-6-8-20-9-7-15/h1-9H,10-14H2. The van der Waals surface area contributed by atoms with Gasteiger partial charge in [0, 0.05) is 49.8 Å². The van der Waals surface area contributed by atoms with Crippen molar-refractivity contribution in [3.05, 3.63) is 54.9 Å². The maximum Gasteiger partial charge on any atom is 0.277 e. The lowest BCUT2D eigenvalue weighted by molar-refractivity contribution is -0.128. The van der Waals surface area contributed by atoms with E-state index in [0.29, 0.717) is 16.9 Å². The van der Waals surface area contributed by atoms with Crippen molar-refractivity contribution < 1.29 is 9.21 Å². The summed E-state index contributed by atoms with van der Waals surface area (Å²) in [4.78, 5) is 20.6. The van der Waals surface area contributed by atoms with Crippen molar-refractivity contribution in [2.75, 3.05) is 36.8 Å². The summed E-state index contributed by atoms with van der Waals surface area (Å²) in [7, 11) is 0. The van der Waals surface area contributed by atoms with Gasteiger partial charge in [-0.2, -0.15) is 0 Å². The first kappa shape index (κ1) is 17.5. The second kappa shape index (κ2) is 8.22. The van der Waals surface area contributed by atoms with Gasteiger partial charge in [0.2, 0.25) is 11.8 Å². The van der Waals surface area contributed by atoms with Gasteiger partial charge in [-0.15, -0.1) is 10.2 Å². The smallest absolute Gasteiger partial charge is 0.277 e. The molecule has 1 saturated heterocycles. The molecular weight excluding hydrogens is 362 g/mol. The topological polar surface area (TPSA) is 75.4 Å². The Hall–Kier alpha value is -2.87. The highest BCUT2D eigenvalue weighted by molar-refractivity contribution is 7.99. The molecule has 1 aliphatic rings. The summed E-state index contributed by atoms with van der Waals surface area (Å²) in [6, 6.07) is 13.9. The van der Waals surface area contributed by atoms with Crippen molar-refractivity contribution in [2.45, 2.75) is 5.22 Å². The number of carbonyl (C=O) groups excluding carboxylic acids is 1. The van der Waals surface area contributed by atoms with E-state index >= 15 is 0 Å². The van der Waals surface area contributed by atoms with Crippen molar-refractivity contribution in [2.24, 2.45) is 0 Å². The molecule has 0 saturated carbocycles. The minimum atomic E-state index is 0.0939. The molecule has 0 aliphatic carbocycles. The van der Waals surface area contributed by atoms with Gasteiger partial charge in [0.05, 0.1) is 5.75 Å². The molecule has 1 fully saturated rings. The highest BCUT2D eigenvalue weighted by Gasteiger charge is 2.22. The molecule has 1 amide bonds. The second-order valence-electron chi connectivity index (χ2n) is 6.10. The van der Waals surface area contributed by atoms with E-state index in [1.54, 1.807) is 24.5 Å². The average molecular weight is 381 g/mol. The highest BCUT2D eigenvalue weighted by Crippen LogP contribution is 2.23. The molecular formula is C19H19N5O2S. The molecule has 0 atom stereocenters. The minimum Gasteiger partial charge on any atom is -0.411 e. The van der Waals surface area contributed by atoms with Crippen molar-refractivity contribution in [1.29, 1.82) is 0 Å². The number of benzene rings is 1. The fourth-order valence-corrected chi connectivity index (χ4v) is 3.61. The largest absolute Gasteiger partial charge is 0.411 e. The Bertz CT molecular complexity index is 879. The lowest BCUT2D eigenvalue weighted by Crippen LogP contribution is -2.49. The van der Waals surface area contributed by atoms with E-state index in [0.717, 1.165) is 31.7 Å². The second-order valence-corrected chi connectivity index (χ2v) is 7.03. The molecule has 0 radical (unpaired) electrons. The molecule has 3 aromatic rings. The van der Waals surface area contributed by atoms with Gasteiger partial charge < -0.3 is 14.2 Å². The molecule has 0 unspecified atom stereocenters.